The number of hydrogen-bond acceptors (Lipinski definition) is 5. The Kier molecular flexibility index (Phi) is 7.60. The van der Waals surface area contributed by atoms with Gasteiger partial charge in [-0.25, -0.2) is 9.50 Å². The molecule has 0 fully saturated rings. The molecule has 140 valence electrons. The van der Waals surface area contributed by atoms with Crippen molar-refractivity contribution in [2.75, 3.05) is 13.2 Å². The maximum atomic E-state index is 13.2. The lowest BCUT2D eigenvalue weighted by Crippen LogP contribution is -2.10. The minimum absolute atomic E-state index is 0.346. The van der Waals surface area contributed by atoms with Gasteiger partial charge in [-0.15, -0.1) is 0 Å². The molecule has 2 aromatic heterocycles. The molecular weight excluding hydrogens is 337 g/mol. The van der Waals surface area contributed by atoms with E-state index >= 15 is 0 Å². The first-order valence-electron chi connectivity index (χ1n) is 9.28. The van der Waals surface area contributed by atoms with Crippen LogP contribution in [-0.2, 0) is 20.0 Å². The number of hydrogen-bond donors (Lipinski definition) is 0. The first-order chi connectivity index (χ1) is 12.1. The van der Waals surface area contributed by atoms with Crippen LogP contribution < -0.4 is 0 Å². The second kappa shape index (κ2) is 9.46. The van der Waals surface area contributed by atoms with Crippen molar-refractivity contribution in [3.63, 3.8) is 0 Å². The molecule has 0 bridgehead atoms. The van der Waals surface area contributed by atoms with Gasteiger partial charge >= 0.3 is 7.60 Å². The van der Waals surface area contributed by atoms with Crippen LogP contribution >= 0.6 is 7.60 Å². The van der Waals surface area contributed by atoms with E-state index in [0.717, 1.165) is 29.9 Å². The highest BCUT2D eigenvalue weighted by Crippen LogP contribution is 2.60. The van der Waals surface area contributed by atoms with Crippen molar-refractivity contribution >= 4 is 13.2 Å². The molecule has 0 aliphatic heterocycles. The summed E-state index contributed by atoms with van der Waals surface area (Å²) in [6.07, 6.45) is 7.38. The third kappa shape index (κ3) is 4.90. The molecule has 2 rings (SSSR count). The van der Waals surface area contributed by atoms with Gasteiger partial charge in [0.15, 0.2) is 5.65 Å². The molecule has 7 heteroatoms. The van der Waals surface area contributed by atoms with Crippen molar-refractivity contribution in [2.24, 2.45) is 0 Å². The molecule has 2 aromatic rings. The molecule has 0 amide bonds. The molecule has 0 saturated carbocycles. The van der Waals surface area contributed by atoms with E-state index in [0.29, 0.717) is 13.2 Å². The maximum Gasteiger partial charge on any atom is 0.339 e. The van der Waals surface area contributed by atoms with Crippen molar-refractivity contribution in [3.05, 3.63) is 29.7 Å². The predicted octanol–water partition coefficient (Wildman–Crippen LogP) is 5.18. The van der Waals surface area contributed by atoms with Gasteiger partial charge in [-0.05, 0) is 39.7 Å². The van der Waals surface area contributed by atoms with Gasteiger partial charge in [-0.1, -0.05) is 26.2 Å². The normalized spacial score (nSPS) is 13.4. The summed E-state index contributed by atoms with van der Waals surface area (Å²) in [5.74, 6) is 0. The Hall–Kier alpha value is -1.23. The fourth-order valence-electron chi connectivity index (χ4n) is 2.93. The van der Waals surface area contributed by atoms with Crippen LogP contribution in [0.4, 0.5) is 0 Å². The smallest absolute Gasteiger partial charge is 0.308 e. The number of nitrogens with zero attached hydrogens (tertiary/aromatic N) is 3. The Morgan fingerprint density at radius 3 is 2.52 bits per heavy atom. The summed E-state index contributed by atoms with van der Waals surface area (Å²) in [5, 5.41) is 4.35. The summed E-state index contributed by atoms with van der Waals surface area (Å²) >= 11 is 0. The topological polar surface area (TPSA) is 65.7 Å². The fraction of sp³-hybridized carbons (Fsp3) is 0.667. The molecule has 6 nitrogen and oxygen atoms in total. The van der Waals surface area contributed by atoms with E-state index in [1.165, 1.54) is 19.3 Å². The van der Waals surface area contributed by atoms with Crippen LogP contribution in [0.15, 0.2) is 18.3 Å². The van der Waals surface area contributed by atoms with E-state index in [1.807, 2.05) is 32.9 Å². The summed E-state index contributed by atoms with van der Waals surface area (Å²) < 4.78 is 26.0. The third-order valence-corrected chi connectivity index (χ3v) is 6.70. The number of rotatable bonds is 11. The van der Waals surface area contributed by atoms with Gasteiger partial charge < -0.3 is 9.05 Å². The van der Waals surface area contributed by atoms with Crippen LogP contribution in [0.1, 0.15) is 70.4 Å². The number of unbranched alkanes of at least 4 members (excludes halogenated alkanes) is 3. The highest BCUT2D eigenvalue weighted by Gasteiger charge is 2.35. The zero-order valence-electron chi connectivity index (χ0n) is 15.8. The van der Waals surface area contributed by atoms with Gasteiger partial charge in [-0.2, -0.15) is 5.10 Å². The molecule has 0 spiro atoms. The standard InChI is InChI=1S/C18H30N3O3P/c1-5-8-9-10-11-16-14-17(21-18(20-16)12-13-19-21)15(4)25(22,23-6-2)24-7-3/h12-15H,5-11H2,1-4H3. The Morgan fingerprint density at radius 2 is 1.88 bits per heavy atom. The molecule has 25 heavy (non-hydrogen) atoms. The molecule has 0 radical (unpaired) electrons. The van der Waals surface area contributed by atoms with E-state index in [1.54, 1.807) is 10.7 Å². The van der Waals surface area contributed by atoms with E-state index in [-0.39, 0.29) is 0 Å². The minimum atomic E-state index is -3.26. The van der Waals surface area contributed by atoms with Crippen molar-refractivity contribution < 1.29 is 13.6 Å². The molecule has 1 atom stereocenters. The predicted molar refractivity (Wildman–Crippen MR) is 100 cm³/mol. The van der Waals surface area contributed by atoms with E-state index in [2.05, 4.69) is 17.0 Å². The second-order valence-corrected chi connectivity index (χ2v) is 8.51. The van der Waals surface area contributed by atoms with E-state index in [4.69, 9.17) is 9.05 Å². The van der Waals surface area contributed by atoms with Crippen molar-refractivity contribution in [1.29, 1.82) is 0 Å². The zero-order chi connectivity index (χ0) is 18.3. The summed E-state index contributed by atoms with van der Waals surface area (Å²) in [7, 11) is -3.26. The lowest BCUT2D eigenvalue weighted by molar-refractivity contribution is 0.213. The van der Waals surface area contributed by atoms with Gasteiger partial charge in [0, 0.05) is 11.8 Å². The minimum Gasteiger partial charge on any atom is -0.308 e. The lowest BCUT2D eigenvalue weighted by Gasteiger charge is -2.24. The number of aryl methyl sites for hydroxylation is 1. The van der Waals surface area contributed by atoms with Crippen LogP contribution in [0.25, 0.3) is 5.65 Å². The zero-order valence-corrected chi connectivity index (χ0v) is 16.7. The SMILES string of the molecule is CCCCCCc1cc(C(C)P(=O)(OCC)OCC)n2nccc2n1. The van der Waals surface area contributed by atoms with Gasteiger partial charge in [0.05, 0.1) is 25.1 Å². The van der Waals surface area contributed by atoms with Crippen LogP contribution in [0, 0.1) is 0 Å². The molecule has 2 heterocycles. The lowest BCUT2D eigenvalue weighted by atomic mass is 10.1. The largest absolute Gasteiger partial charge is 0.339 e. The molecule has 0 saturated heterocycles. The van der Waals surface area contributed by atoms with Crippen LogP contribution in [0.3, 0.4) is 0 Å². The van der Waals surface area contributed by atoms with Crippen LogP contribution in [0.2, 0.25) is 0 Å². The highest BCUT2D eigenvalue weighted by molar-refractivity contribution is 7.54. The van der Waals surface area contributed by atoms with E-state index < -0.39 is 13.3 Å². The Labute approximate surface area is 150 Å². The second-order valence-electron chi connectivity index (χ2n) is 6.14. The highest BCUT2D eigenvalue weighted by atomic mass is 31.2. The quantitative estimate of drug-likeness (QED) is 0.404. The molecular formula is C18H30N3O3P. The Balaban J connectivity index is 2.34. The third-order valence-electron chi connectivity index (χ3n) is 4.25. The monoisotopic (exact) mass is 367 g/mol. The number of aromatic nitrogens is 3. The average Bonchev–Trinajstić information content (AvgIpc) is 3.06. The summed E-state index contributed by atoms with van der Waals surface area (Å²) in [6.45, 7) is 8.43. The van der Waals surface area contributed by atoms with Gasteiger partial charge in [-0.3, -0.25) is 4.57 Å². The van der Waals surface area contributed by atoms with Crippen LogP contribution in [0.5, 0.6) is 0 Å². The summed E-state index contributed by atoms with van der Waals surface area (Å²) in [4.78, 5) is 4.68. The average molecular weight is 367 g/mol. The first-order valence-corrected chi connectivity index (χ1v) is 10.9. The van der Waals surface area contributed by atoms with Crippen molar-refractivity contribution in [2.45, 2.75) is 65.5 Å². The van der Waals surface area contributed by atoms with Gasteiger partial charge in [0.1, 0.15) is 5.66 Å². The van der Waals surface area contributed by atoms with Crippen molar-refractivity contribution in [3.8, 4) is 0 Å². The first kappa shape index (κ1) is 20.1. The molecule has 0 N–H and O–H groups in total. The summed E-state index contributed by atoms with van der Waals surface area (Å²) in [6, 6.07) is 3.87. The summed E-state index contributed by atoms with van der Waals surface area (Å²) in [5.41, 5.74) is 2.19. The van der Waals surface area contributed by atoms with Gasteiger partial charge in [0.2, 0.25) is 0 Å². The molecule has 0 aliphatic carbocycles. The van der Waals surface area contributed by atoms with Crippen molar-refractivity contribution in [1.82, 2.24) is 14.6 Å². The Bertz CT molecular complexity index is 707. The molecule has 1 unspecified atom stereocenters. The molecule has 0 aromatic carbocycles. The fourth-order valence-corrected chi connectivity index (χ4v) is 4.68. The van der Waals surface area contributed by atoms with E-state index in [9.17, 15) is 4.57 Å². The molecule has 0 aliphatic rings. The Morgan fingerprint density at radius 1 is 1.16 bits per heavy atom. The van der Waals surface area contributed by atoms with Gasteiger partial charge in [0.25, 0.3) is 0 Å². The number of fused-ring (bicyclic) bond motifs is 1. The van der Waals surface area contributed by atoms with Crippen LogP contribution in [-0.4, -0.2) is 27.8 Å². The maximum absolute atomic E-state index is 13.2.